The van der Waals surface area contributed by atoms with Crippen molar-refractivity contribution in [1.29, 1.82) is 0 Å². The lowest BCUT2D eigenvalue weighted by Gasteiger charge is -2.53. The number of fused-ring (bicyclic) bond motifs is 1. The number of carbonyl (C=O) groups is 1. The van der Waals surface area contributed by atoms with Crippen LogP contribution in [0.25, 0.3) is 0 Å². The molecule has 2 unspecified atom stereocenters. The van der Waals surface area contributed by atoms with Crippen molar-refractivity contribution in [2.45, 2.75) is 37.4 Å². The van der Waals surface area contributed by atoms with Crippen LogP contribution in [0.1, 0.15) is 18.4 Å². The number of nitrogens with zero attached hydrogens (tertiary/aromatic N) is 3. The van der Waals surface area contributed by atoms with E-state index >= 15 is 0 Å². The fraction of sp³-hybridized carbons (Fsp3) is 0.650. The van der Waals surface area contributed by atoms with Crippen LogP contribution >= 0.6 is 23.2 Å². The van der Waals surface area contributed by atoms with E-state index in [0.717, 1.165) is 31.7 Å². The summed E-state index contributed by atoms with van der Waals surface area (Å²) in [4.78, 5) is 20.2. The summed E-state index contributed by atoms with van der Waals surface area (Å²) in [5.74, 6) is 0.169. The van der Waals surface area contributed by atoms with Gasteiger partial charge in [-0.05, 0) is 50.7 Å². The number of piperazine rings is 1. The van der Waals surface area contributed by atoms with E-state index < -0.39 is 0 Å². The molecule has 5 nitrogen and oxygen atoms in total. The summed E-state index contributed by atoms with van der Waals surface area (Å²) in [7, 11) is 2.15. The van der Waals surface area contributed by atoms with Gasteiger partial charge in [0.1, 0.15) is 0 Å². The Morgan fingerprint density at radius 2 is 1.81 bits per heavy atom. The molecule has 0 aliphatic carbocycles. The van der Waals surface area contributed by atoms with Crippen molar-refractivity contribution in [2.75, 3.05) is 46.4 Å². The third kappa shape index (κ3) is 3.99. The molecule has 0 N–H and O–H groups in total. The summed E-state index contributed by atoms with van der Waals surface area (Å²) in [6.07, 6.45) is 2.83. The molecule has 7 heteroatoms. The molecule has 0 spiro atoms. The van der Waals surface area contributed by atoms with E-state index in [-0.39, 0.29) is 24.0 Å². The fourth-order valence-corrected chi connectivity index (χ4v) is 5.08. The van der Waals surface area contributed by atoms with Crippen LogP contribution in [0.4, 0.5) is 0 Å². The Morgan fingerprint density at radius 1 is 1.07 bits per heavy atom. The van der Waals surface area contributed by atoms with Gasteiger partial charge in [-0.25, -0.2) is 0 Å². The molecule has 0 saturated carbocycles. The Hall–Kier alpha value is -0.850. The number of amides is 1. The highest BCUT2D eigenvalue weighted by Gasteiger charge is 2.46. The van der Waals surface area contributed by atoms with E-state index in [0.29, 0.717) is 29.7 Å². The minimum Gasteiger partial charge on any atom is -0.378 e. The van der Waals surface area contributed by atoms with Crippen molar-refractivity contribution in [3.8, 4) is 0 Å². The van der Waals surface area contributed by atoms with Gasteiger partial charge >= 0.3 is 0 Å². The molecule has 1 aromatic rings. The first-order valence-corrected chi connectivity index (χ1v) is 10.6. The third-order valence-corrected chi connectivity index (χ3v) is 6.99. The molecular formula is C20H27Cl2N3O2. The number of rotatable bonds is 3. The van der Waals surface area contributed by atoms with Crippen LogP contribution in [0.3, 0.4) is 0 Å². The molecule has 1 aromatic carbocycles. The van der Waals surface area contributed by atoms with Crippen LogP contribution < -0.4 is 0 Å². The second kappa shape index (κ2) is 8.26. The molecule has 148 valence electrons. The van der Waals surface area contributed by atoms with Crippen molar-refractivity contribution in [3.05, 3.63) is 33.8 Å². The minimum absolute atomic E-state index is 0.169. The van der Waals surface area contributed by atoms with Gasteiger partial charge in [-0.3, -0.25) is 14.6 Å². The van der Waals surface area contributed by atoms with Crippen molar-refractivity contribution >= 4 is 29.1 Å². The van der Waals surface area contributed by atoms with Crippen molar-refractivity contribution in [1.82, 2.24) is 14.7 Å². The highest BCUT2D eigenvalue weighted by Crippen LogP contribution is 2.30. The van der Waals surface area contributed by atoms with Gasteiger partial charge in [0.2, 0.25) is 5.91 Å². The van der Waals surface area contributed by atoms with Gasteiger partial charge < -0.3 is 9.64 Å². The quantitative estimate of drug-likeness (QED) is 0.765. The van der Waals surface area contributed by atoms with E-state index in [9.17, 15) is 4.79 Å². The molecule has 4 rings (SSSR count). The largest absolute Gasteiger partial charge is 0.378 e. The predicted molar refractivity (Wildman–Crippen MR) is 107 cm³/mol. The zero-order valence-electron chi connectivity index (χ0n) is 15.7. The van der Waals surface area contributed by atoms with Gasteiger partial charge in [0, 0.05) is 13.1 Å². The van der Waals surface area contributed by atoms with Crippen LogP contribution in [-0.4, -0.2) is 85.2 Å². The minimum atomic E-state index is 0.169. The van der Waals surface area contributed by atoms with E-state index in [1.54, 1.807) is 12.1 Å². The monoisotopic (exact) mass is 411 g/mol. The highest BCUT2D eigenvalue weighted by atomic mass is 35.5. The average Bonchev–Trinajstić information content (AvgIpc) is 3.19. The summed E-state index contributed by atoms with van der Waals surface area (Å²) in [5, 5.41) is 1.02. The summed E-state index contributed by atoms with van der Waals surface area (Å²) < 4.78 is 5.96. The molecule has 0 radical (unpaired) electrons. The fourth-order valence-electron chi connectivity index (χ4n) is 4.76. The maximum Gasteiger partial charge on any atom is 0.227 e. The molecule has 3 atom stereocenters. The van der Waals surface area contributed by atoms with Gasteiger partial charge in [0.25, 0.3) is 0 Å². The lowest BCUT2D eigenvalue weighted by molar-refractivity contribution is -0.150. The van der Waals surface area contributed by atoms with Crippen LogP contribution in [0.15, 0.2) is 18.2 Å². The Labute approximate surface area is 171 Å². The van der Waals surface area contributed by atoms with Gasteiger partial charge in [0.05, 0.1) is 47.8 Å². The SMILES string of the molecule is CN1CCN(C(=O)Cc2ccc(Cl)c(Cl)c2)[C@H]2C1COCC2N1CCCC1. The van der Waals surface area contributed by atoms with Crippen molar-refractivity contribution in [2.24, 2.45) is 0 Å². The number of halogens is 2. The lowest BCUT2D eigenvalue weighted by atomic mass is 9.91. The number of carbonyl (C=O) groups excluding carboxylic acids is 1. The van der Waals surface area contributed by atoms with Crippen molar-refractivity contribution in [3.63, 3.8) is 0 Å². The smallest absolute Gasteiger partial charge is 0.227 e. The predicted octanol–water partition coefficient (Wildman–Crippen LogP) is 2.54. The lowest BCUT2D eigenvalue weighted by Crippen LogP contribution is -2.70. The second-order valence-corrected chi connectivity index (χ2v) is 8.71. The summed E-state index contributed by atoms with van der Waals surface area (Å²) in [5.41, 5.74) is 0.912. The van der Waals surface area contributed by atoms with E-state index in [2.05, 4.69) is 21.7 Å². The number of ether oxygens (including phenoxy) is 1. The molecule has 1 amide bonds. The summed E-state index contributed by atoms with van der Waals surface area (Å²) >= 11 is 12.1. The highest BCUT2D eigenvalue weighted by molar-refractivity contribution is 6.42. The van der Waals surface area contributed by atoms with Gasteiger partial charge in [0.15, 0.2) is 0 Å². The molecule has 3 aliphatic heterocycles. The first-order valence-electron chi connectivity index (χ1n) is 9.80. The number of benzene rings is 1. The number of hydrogen-bond donors (Lipinski definition) is 0. The molecule has 3 saturated heterocycles. The normalized spacial score (nSPS) is 29.7. The molecule has 27 heavy (non-hydrogen) atoms. The van der Waals surface area contributed by atoms with E-state index in [4.69, 9.17) is 27.9 Å². The zero-order valence-corrected chi connectivity index (χ0v) is 17.3. The second-order valence-electron chi connectivity index (χ2n) is 7.90. The van der Waals surface area contributed by atoms with E-state index in [1.807, 2.05) is 6.07 Å². The number of hydrogen-bond acceptors (Lipinski definition) is 4. The molecule has 0 aromatic heterocycles. The van der Waals surface area contributed by atoms with Crippen molar-refractivity contribution < 1.29 is 9.53 Å². The summed E-state index contributed by atoms with van der Waals surface area (Å²) in [6, 6.07) is 6.19. The maximum absolute atomic E-state index is 13.3. The molecule has 3 aliphatic rings. The Bertz CT molecular complexity index is 696. The van der Waals surface area contributed by atoms with Crippen LogP contribution in [-0.2, 0) is 16.0 Å². The number of likely N-dealkylation sites (N-methyl/N-ethyl adjacent to an activating group) is 1. The first-order chi connectivity index (χ1) is 13.0. The average molecular weight is 412 g/mol. The van der Waals surface area contributed by atoms with Crippen LogP contribution in [0.5, 0.6) is 0 Å². The van der Waals surface area contributed by atoms with E-state index in [1.165, 1.54) is 12.8 Å². The van der Waals surface area contributed by atoms with Crippen LogP contribution in [0.2, 0.25) is 10.0 Å². The van der Waals surface area contributed by atoms with Gasteiger partial charge in [-0.1, -0.05) is 29.3 Å². The maximum atomic E-state index is 13.3. The standard InChI is InChI=1S/C20H27Cl2N3O2/c1-23-8-9-25(19(26)11-14-4-5-15(21)16(22)10-14)20-17(23)12-27-13-18(20)24-6-2-3-7-24/h4-5,10,17-18,20H,2-3,6-9,11-13H2,1H3/t17?,18?,20-/m0/s1. The van der Waals surface area contributed by atoms with Crippen LogP contribution in [0, 0.1) is 0 Å². The van der Waals surface area contributed by atoms with Gasteiger partial charge in [-0.2, -0.15) is 0 Å². The topological polar surface area (TPSA) is 36.0 Å². The summed E-state index contributed by atoms with van der Waals surface area (Å²) in [6.45, 7) is 5.27. The number of likely N-dealkylation sites (tertiary alicyclic amines) is 1. The molecule has 0 bridgehead atoms. The zero-order chi connectivity index (χ0) is 19.0. The molecule has 3 heterocycles. The Kier molecular flexibility index (Phi) is 5.95. The third-order valence-electron chi connectivity index (χ3n) is 6.25. The first kappa shape index (κ1) is 19.5. The Balaban J connectivity index is 1.55. The Morgan fingerprint density at radius 3 is 2.56 bits per heavy atom. The molecular weight excluding hydrogens is 385 g/mol. The molecule has 3 fully saturated rings. The van der Waals surface area contributed by atoms with Gasteiger partial charge in [-0.15, -0.1) is 0 Å².